The normalized spacial score (nSPS) is 20.4. The molecule has 9 heteroatoms. The third-order valence-electron chi connectivity index (χ3n) is 6.27. The summed E-state index contributed by atoms with van der Waals surface area (Å²) in [6, 6.07) is 10.3. The fourth-order valence-corrected chi connectivity index (χ4v) is 5.91. The minimum absolute atomic E-state index is 0.00548. The van der Waals surface area contributed by atoms with Gasteiger partial charge in [0.15, 0.2) is 11.5 Å². The van der Waals surface area contributed by atoms with Crippen molar-refractivity contribution in [2.75, 3.05) is 26.9 Å². The zero-order chi connectivity index (χ0) is 23.0. The van der Waals surface area contributed by atoms with E-state index >= 15 is 0 Å². The molecule has 2 aromatic rings. The van der Waals surface area contributed by atoms with Gasteiger partial charge in [-0.25, -0.2) is 13.1 Å². The Hall–Kier alpha value is -2.78. The molecule has 1 saturated heterocycles. The molecule has 1 N–H and O–H groups in total. The van der Waals surface area contributed by atoms with Crippen LogP contribution in [-0.2, 0) is 10.0 Å². The van der Waals surface area contributed by atoms with Crippen molar-refractivity contribution < 1.29 is 27.4 Å². The van der Waals surface area contributed by atoms with Crippen molar-refractivity contribution in [3.63, 3.8) is 0 Å². The molecule has 1 saturated carbocycles. The molecule has 2 aromatic carbocycles. The SMILES string of the molecule is COc1ccc(C(=O)N2CCCC2c2ccc3c(c2)OCCCO3)cc1S(=O)(=O)NC1CC1. The molecule has 2 fully saturated rings. The fraction of sp³-hybridized carbons (Fsp3) is 0.458. The lowest BCUT2D eigenvalue weighted by molar-refractivity contribution is 0.0735. The maximum absolute atomic E-state index is 13.5. The summed E-state index contributed by atoms with van der Waals surface area (Å²) in [7, 11) is -2.35. The molecule has 3 aliphatic rings. The van der Waals surface area contributed by atoms with Crippen molar-refractivity contribution in [2.45, 2.75) is 49.1 Å². The van der Waals surface area contributed by atoms with Crippen molar-refractivity contribution in [3.05, 3.63) is 47.5 Å². The van der Waals surface area contributed by atoms with Crippen molar-refractivity contribution in [1.29, 1.82) is 0 Å². The van der Waals surface area contributed by atoms with E-state index in [0.29, 0.717) is 31.1 Å². The predicted octanol–water partition coefficient (Wildman–Crippen LogP) is 3.27. The number of methoxy groups -OCH3 is 1. The van der Waals surface area contributed by atoms with Crippen LogP contribution in [0, 0.1) is 0 Å². The lowest BCUT2D eigenvalue weighted by Gasteiger charge is -2.26. The van der Waals surface area contributed by atoms with Crippen LogP contribution in [0.15, 0.2) is 41.3 Å². The molecule has 176 valence electrons. The Morgan fingerprint density at radius 1 is 1.03 bits per heavy atom. The highest BCUT2D eigenvalue weighted by Crippen LogP contribution is 2.39. The molecular formula is C24H28N2O6S. The summed E-state index contributed by atoms with van der Waals surface area (Å²) in [5.41, 5.74) is 1.31. The third-order valence-corrected chi connectivity index (χ3v) is 7.81. The van der Waals surface area contributed by atoms with Gasteiger partial charge in [-0.05, 0) is 61.6 Å². The average Bonchev–Trinajstić information content (AvgIpc) is 3.54. The second-order valence-corrected chi connectivity index (χ2v) is 10.4. The topological polar surface area (TPSA) is 94.2 Å². The highest BCUT2D eigenvalue weighted by atomic mass is 32.2. The van der Waals surface area contributed by atoms with Gasteiger partial charge in [-0.3, -0.25) is 4.79 Å². The second-order valence-electron chi connectivity index (χ2n) is 8.67. The molecule has 33 heavy (non-hydrogen) atoms. The van der Waals surface area contributed by atoms with E-state index in [4.69, 9.17) is 14.2 Å². The van der Waals surface area contributed by atoms with Crippen LogP contribution in [0.5, 0.6) is 17.2 Å². The molecule has 1 atom stereocenters. The number of carbonyl (C=O) groups is 1. The third kappa shape index (κ3) is 4.52. The van der Waals surface area contributed by atoms with Crippen LogP contribution in [-0.4, -0.2) is 52.1 Å². The van der Waals surface area contributed by atoms with Crippen LogP contribution < -0.4 is 18.9 Å². The largest absolute Gasteiger partial charge is 0.495 e. The summed E-state index contributed by atoms with van der Waals surface area (Å²) in [4.78, 5) is 15.3. The molecule has 2 heterocycles. The van der Waals surface area contributed by atoms with Crippen molar-refractivity contribution >= 4 is 15.9 Å². The quantitative estimate of drug-likeness (QED) is 0.694. The number of nitrogens with zero attached hydrogens (tertiary/aromatic N) is 1. The zero-order valence-corrected chi connectivity index (χ0v) is 19.4. The summed E-state index contributed by atoms with van der Waals surface area (Å²) in [5.74, 6) is 1.45. The Morgan fingerprint density at radius 2 is 1.82 bits per heavy atom. The first kappa shape index (κ1) is 22.0. The van der Waals surface area contributed by atoms with Crippen LogP contribution in [0.4, 0.5) is 0 Å². The Labute approximate surface area is 193 Å². The first-order valence-electron chi connectivity index (χ1n) is 11.4. The van der Waals surface area contributed by atoms with Gasteiger partial charge in [0.25, 0.3) is 5.91 Å². The molecule has 8 nitrogen and oxygen atoms in total. The number of amides is 1. The van der Waals surface area contributed by atoms with Gasteiger partial charge >= 0.3 is 0 Å². The summed E-state index contributed by atoms with van der Waals surface area (Å²) < 4.78 is 45.2. The molecule has 1 amide bonds. The van der Waals surface area contributed by atoms with E-state index in [0.717, 1.165) is 43.4 Å². The van der Waals surface area contributed by atoms with Gasteiger partial charge in [0.2, 0.25) is 10.0 Å². The van der Waals surface area contributed by atoms with Crippen LogP contribution >= 0.6 is 0 Å². The van der Waals surface area contributed by atoms with E-state index in [9.17, 15) is 13.2 Å². The number of fused-ring (bicyclic) bond motifs is 1. The Bertz CT molecular complexity index is 1160. The van der Waals surface area contributed by atoms with E-state index in [1.807, 2.05) is 23.1 Å². The number of likely N-dealkylation sites (tertiary alicyclic amines) is 1. The fourth-order valence-electron chi connectivity index (χ4n) is 4.41. The van der Waals surface area contributed by atoms with Crippen molar-refractivity contribution in [2.24, 2.45) is 0 Å². The van der Waals surface area contributed by atoms with E-state index in [1.165, 1.54) is 13.2 Å². The first-order chi connectivity index (χ1) is 16.0. The van der Waals surface area contributed by atoms with Crippen LogP contribution in [0.2, 0.25) is 0 Å². The molecule has 5 rings (SSSR count). The number of hydrogen-bond donors (Lipinski definition) is 1. The minimum atomic E-state index is -3.77. The van der Waals surface area contributed by atoms with E-state index in [-0.39, 0.29) is 28.6 Å². The van der Waals surface area contributed by atoms with Gasteiger partial charge < -0.3 is 19.1 Å². The second kappa shape index (κ2) is 8.87. The van der Waals surface area contributed by atoms with Gasteiger partial charge in [0, 0.05) is 24.6 Å². The molecule has 0 bridgehead atoms. The molecule has 1 unspecified atom stereocenters. The number of ether oxygens (including phenoxy) is 3. The van der Waals surface area contributed by atoms with Crippen molar-refractivity contribution in [1.82, 2.24) is 9.62 Å². The van der Waals surface area contributed by atoms with Gasteiger partial charge in [0.05, 0.1) is 26.4 Å². The highest BCUT2D eigenvalue weighted by molar-refractivity contribution is 7.89. The number of rotatable bonds is 6. The maximum Gasteiger partial charge on any atom is 0.254 e. The molecular weight excluding hydrogens is 444 g/mol. The molecule has 0 spiro atoms. The minimum Gasteiger partial charge on any atom is -0.495 e. The standard InChI is InChI=1S/C24H28N2O6S/c1-30-21-10-6-17(15-23(21)33(28,29)25-18-7-8-18)24(27)26-11-2-4-19(26)16-5-9-20-22(14-16)32-13-3-12-31-20/h5-6,9-10,14-15,18-19,25H,2-4,7-8,11-13H2,1H3. The molecule has 1 aliphatic carbocycles. The lowest BCUT2D eigenvalue weighted by Crippen LogP contribution is -2.31. The number of carbonyl (C=O) groups excluding carboxylic acids is 1. The van der Waals surface area contributed by atoms with E-state index in [1.54, 1.807) is 12.1 Å². The Balaban J connectivity index is 1.43. The number of benzene rings is 2. The highest BCUT2D eigenvalue weighted by Gasteiger charge is 2.34. The van der Waals surface area contributed by atoms with Crippen LogP contribution in [0.25, 0.3) is 0 Å². The van der Waals surface area contributed by atoms with E-state index in [2.05, 4.69) is 4.72 Å². The van der Waals surface area contributed by atoms with Gasteiger partial charge in [0.1, 0.15) is 10.6 Å². The number of sulfonamides is 1. The summed E-state index contributed by atoms with van der Waals surface area (Å²) in [6.07, 6.45) is 4.18. The number of hydrogen-bond acceptors (Lipinski definition) is 6. The zero-order valence-electron chi connectivity index (χ0n) is 18.6. The Kier molecular flexibility index (Phi) is 5.92. The lowest BCUT2D eigenvalue weighted by atomic mass is 10.0. The average molecular weight is 473 g/mol. The Morgan fingerprint density at radius 3 is 2.58 bits per heavy atom. The smallest absolute Gasteiger partial charge is 0.254 e. The summed E-state index contributed by atoms with van der Waals surface area (Å²) in [6.45, 7) is 1.83. The monoisotopic (exact) mass is 472 g/mol. The van der Waals surface area contributed by atoms with Crippen LogP contribution in [0.1, 0.15) is 54.1 Å². The summed E-state index contributed by atoms with van der Waals surface area (Å²) >= 11 is 0. The summed E-state index contributed by atoms with van der Waals surface area (Å²) in [5, 5.41) is 0. The van der Waals surface area contributed by atoms with E-state index < -0.39 is 10.0 Å². The number of nitrogens with one attached hydrogen (secondary N) is 1. The van der Waals surface area contributed by atoms with Crippen LogP contribution in [0.3, 0.4) is 0 Å². The van der Waals surface area contributed by atoms with Gasteiger partial charge in [-0.1, -0.05) is 6.07 Å². The van der Waals surface area contributed by atoms with Crippen molar-refractivity contribution in [3.8, 4) is 17.2 Å². The predicted molar refractivity (Wildman–Crippen MR) is 121 cm³/mol. The van der Waals surface area contributed by atoms with Gasteiger partial charge in [-0.2, -0.15) is 0 Å². The molecule has 0 aromatic heterocycles. The van der Waals surface area contributed by atoms with Gasteiger partial charge in [-0.15, -0.1) is 0 Å². The molecule has 2 aliphatic heterocycles. The maximum atomic E-state index is 13.5. The first-order valence-corrected chi connectivity index (χ1v) is 12.9. The molecule has 0 radical (unpaired) electrons.